The zero-order chi connectivity index (χ0) is 17.8. The molecule has 1 N–H and O–H groups in total. The molecule has 25 heavy (non-hydrogen) atoms. The molecule has 1 aliphatic heterocycles. The first-order valence-electron chi connectivity index (χ1n) is 7.94. The molecule has 1 aromatic carbocycles. The van der Waals surface area contributed by atoms with Crippen LogP contribution < -0.4 is 19.7 Å². The minimum Gasteiger partial charge on any atom is -0.486 e. The topological polar surface area (TPSA) is 93.9 Å². The van der Waals surface area contributed by atoms with Gasteiger partial charge in [0.2, 0.25) is 11.8 Å². The Balaban J connectivity index is 1.65. The van der Waals surface area contributed by atoms with Gasteiger partial charge >= 0.3 is 0 Å². The van der Waals surface area contributed by atoms with Gasteiger partial charge in [-0.1, -0.05) is 5.16 Å². The number of hydrogen-bond donors (Lipinski definition) is 1. The highest BCUT2D eigenvalue weighted by atomic mass is 16.6. The van der Waals surface area contributed by atoms with Crippen molar-refractivity contribution in [3.63, 3.8) is 0 Å². The van der Waals surface area contributed by atoms with Crippen LogP contribution in [0.2, 0.25) is 0 Å². The lowest BCUT2D eigenvalue weighted by molar-refractivity contribution is -0.117. The minimum atomic E-state index is -0.253. The fraction of sp³-hybridized carbons (Fsp3) is 0.353. The Labute approximate surface area is 144 Å². The maximum atomic E-state index is 12.0. The summed E-state index contributed by atoms with van der Waals surface area (Å²) in [6.07, 6.45) is 0.125. The molecule has 0 atom stereocenters. The first kappa shape index (κ1) is 16.8. The molecule has 0 spiro atoms. The van der Waals surface area contributed by atoms with Gasteiger partial charge in [0.1, 0.15) is 19.0 Å². The number of ether oxygens (including phenoxy) is 2. The molecular formula is C17H19N3O5. The Morgan fingerprint density at radius 2 is 1.96 bits per heavy atom. The molecule has 2 amide bonds. The van der Waals surface area contributed by atoms with Crippen molar-refractivity contribution in [2.24, 2.45) is 0 Å². The predicted molar refractivity (Wildman–Crippen MR) is 89.9 cm³/mol. The van der Waals surface area contributed by atoms with Crippen molar-refractivity contribution < 1.29 is 23.6 Å². The van der Waals surface area contributed by atoms with Crippen molar-refractivity contribution in [3.8, 4) is 11.5 Å². The summed E-state index contributed by atoms with van der Waals surface area (Å²) in [5.41, 5.74) is 0.654. The third-order valence-electron chi connectivity index (χ3n) is 3.68. The van der Waals surface area contributed by atoms with Crippen molar-refractivity contribution >= 4 is 23.3 Å². The molecule has 2 aromatic rings. The fourth-order valence-electron chi connectivity index (χ4n) is 2.51. The predicted octanol–water partition coefficient (Wildman–Crippen LogP) is 2.14. The number of nitrogens with zero attached hydrogens (tertiary/aromatic N) is 2. The lowest BCUT2D eigenvalue weighted by Crippen LogP contribution is -2.32. The number of aryl methyl sites for hydroxylation is 1. The molecule has 0 saturated heterocycles. The van der Waals surface area contributed by atoms with E-state index >= 15 is 0 Å². The van der Waals surface area contributed by atoms with Crippen LogP contribution in [-0.4, -0.2) is 36.7 Å². The Kier molecular flexibility index (Phi) is 4.87. The average Bonchev–Trinajstić information content (AvgIpc) is 2.99. The van der Waals surface area contributed by atoms with Crippen LogP contribution >= 0.6 is 0 Å². The maximum Gasteiger partial charge on any atom is 0.227 e. The maximum absolute atomic E-state index is 12.0. The van der Waals surface area contributed by atoms with Crippen molar-refractivity contribution in [3.05, 3.63) is 30.0 Å². The summed E-state index contributed by atoms with van der Waals surface area (Å²) in [5.74, 6) is 1.79. The van der Waals surface area contributed by atoms with E-state index in [0.717, 1.165) is 0 Å². The normalized spacial score (nSPS) is 12.6. The van der Waals surface area contributed by atoms with E-state index in [1.165, 1.54) is 11.8 Å². The quantitative estimate of drug-likeness (QED) is 0.892. The highest BCUT2D eigenvalue weighted by Crippen LogP contribution is 2.34. The number of carbonyl (C=O) groups is 2. The molecule has 0 bridgehead atoms. The van der Waals surface area contributed by atoms with Crippen molar-refractivity contribution in [2.75, 3.05) is 30.0 Å². The van der Waals surface area contributed by atoms with E-state index in [9.17, 15) is 9.59 Å². The van der Waals surface area contributed by atoms with E-state index in [1.54, 1.807) is 31.2 Å². The second-order valence-electron chi connectivity index (χ2n) is 5.62. The van der Waals surface area contributed by atoms with Crippen LogP contribution in [0.1, 0.15) is 19.1 Å². The summed E-state index contributed by atoms with van der Waals surface area (Å²) in [4.78, 5) is 25.5. The van der Waals surface area contributed by atoms with Crippen LogP contribution in [0.25, 0.3) is 0 Å². The summed E-state index contributed by atoms with van der Waals surface area (Å²) < 4.78 is 15.9. The van der Waals surface area contributed by atoms with E-state index in [4.69, 9.17) is 14.0 Å². The molecule has 2 heterocycles. The third kappa shape index (κ3) is 4.09. The van der Waals surface area contributed by atoms with Crippen molar-refractivity contribution in [1.82, 2.24) is 5.16 Å². The molecule has 8 nitrogen and oxygen atoms in total. The molecule has 1 aromatic heterocycles. The number of rotatable bonds is 5. The lowest BCUT2D eigenvalue weighted by Gasteiger charge is -2.24. The standard InChI is InChI=1S/C17H19N3O5/c1-11-9-16(19-25-11)18-17(22)5-6-20(12(2)21)13-3-4-14-15(10-13)24-8-7-23-14/h3-4,9-10H,5-8H2,1-2H3,(H,18,19,22). The van der Waals surface area contributed by atoms with Gasteiger partial charge in [-0.3, -0.25) is 9.59 Å². The average molecular weight is 345 g/mol. The van der Waals surface area contributed by atoms with Gasteiger partial charge < -0.3 is 24.2 Å². The van der Waals surface area contributed by atoms with Crippen LogP contribution in [-0.2, 0) is 9.59 Å². The molecule has 8 heteroatoms. The zero-order valence-electron chi connectivity index (χ0n) is 14.1. The highest BCUT2D eigenvalue weighted by Gasteiger charge is 2.18. The molecule has 0 unspecified atom stereocenters. The number of anilines is 2. The Morgan fingerprint density at radius 3 is 2.64 bits per heavy atom. The third-order valence-corrected chi connectivity index (χ3v) is 3.68. The van der Waals surface area contributed by atoms with Crippen LogP contribution in [0.15, 0.2) is 28.8 Å². The second-order valence-corrected chi connectivity index (χ2v) is 5.62. The highest BCUT2D eigenvalue weighted by molar-refractivity contribution is 5.94. The summed E-state index contributed by atoms with van der Waals surface area (Å²) in [6, 6.07) is 6.90. The molecule has 0 saturated carbocycles. The van der Waals surface area contributed by atoms with Gasteiger partial charge in [0.15, 0.2) is 17.3 Å². The number of nitrogens with one attached hydrogen (secondary N) is 1. The number of benzene rings is 1. The van der Waals surface area contributed by atoms with Gasteiger partial charge in [0, 0.05) is 37.7 Å². The Hall–Kier alpha value is -3.03. The first-order valence-corrected chi connectivity index (χ1v) is 7.94. The first-order chi connectivity index (χ1) is 12.0. The largest absolute Gasteiger partial charge is 0.486 e. The molecule has 3 rings (SSSR count). The van der Waals surface area contributed by atoms with Gasteiger partial charge in [0.25, 0.3) is 0 Å². The number of aromatic nitrogens is 1. The van der Waals surface area contributed by atoms with Crippen LogP contribution in [0.4, 0.5) is 11.5 Å². The SMILES string of the molecule is CC(=O)N(CCC(=O)Nc1cc(C)on1)c1ccc2c(c1)OCCO2. The van der Waals surface area contributed by atoms with E-state index in [-0.39, 0.29) is 24.8 Å². The van der Waals surface area contributed by atoms with Crippen molar-refractivity contribution in [1.29, 1.82) is 0 Å². The van der Waals surface area contributed by atoms with Gasteiger partial charge in [0.05, 0.1) is 0 Å². The summed E-state index contributed by atoms with van der Waals surface area (Å²) in [5, 5.41) is 6.34. The molecule has 132 valence electrons. The van der Waals surface area contributed by atoms with Crippen LogP contribution in [0.5, 0.6) is 11.5 Å². The Bertz CT molecular complexity index is 786. The number of amides is 2. The number of fused-ring (bicyclic) bond motifs is 1. The molecule has 1 aliphatic rings. The lowest BCUT2D eigenvalue weighted by atomic mass is 10.2. The molecular weight excluding hydrogens is 326 g/mol. The van der Waals surface area contributed by atoms with E-state index < -0.39 is 0 Å². The summed E-state index contributed by atoms with van der Waals surface area (Å²) in [7, 11) is 0. The fourth-order valence-corrected chi connectivity index (χ4v) is 2.51. The Morgan fingerprint density at radius 1 is 1.20 bits per heavy atom. The number of hydrogen-bond acceptors (Lipinski definition) is 6. The number of carbonyl (C=O) groups excluding carboxylic acids is 2. The summed E-state index contributed by atoms with van der Waals surface area (Å²) in [6.45, 7) is 4.40. The van der Waals surface area contributed by atoms with E-state index in [0.29, 0.717) is 42.0 Å². The van der Waals surface area contributed by atoms with Crippen molar-refractivity contribution in [2.45, 2.75) is 20.3 Å². The van der Waals surface area contributed by atoms with Gasteiger partial charge in [-0.15, -0.1) is 0 Å². The molecule has 0 radical (unpaired) electrons. The van der Waals surface area contributed by atoms with E-state index in [1.807, 2.05) is 0 Å². The monoisotopic (exact) mass is 345 g/mol. The van der Waals surface area contributed by atoms with Crippen LogP contribution in [0, 0.1) is 6.92 Å². The van der Waals surface area contributed by atoms with Gasteiger partial charge in [-0.25, -0.2) is 0 Å². The zero-order valence-corrected chi connectivity index (χ0v) is 14.1. The van der Waals surface area contributed by atoms with Gasteiger partial charge in [-0.05, 0) is 19.1 Å². The van der Waals surface area contributed by atoms with Gasteiger partial charge in [-0.2, -0.15) is 0 Å². The van der Waals surface area contributed by atoms with E-state index in [2.05, 4.69) is 10.5 Å². The summed E-state index contributed by atoms with van der Waals surface area (Å²) >= 11 is 0. The molecule has 0 aliphatic carbocycles. The molecule has 0 fully saturated rings. The van der Waals surface area contributed by atoms with Crippen LogP contribution in [0.3, 0.4) is 0 Å². The smallest absolute Gasteiger partial charge is 0.227 e. The second kappa shape index (κ2) is 7.25. The minimum absolute atomic E-state index is 0.125.